The molecule has 2 amide bonds. The number of carbonyl (C=O) groups is 2. The number of rotatable bonds is 3. The van der Waals surface area contributed by atoms with E-state index in [2.05, 4.69) is 17.4 Å². The highest BCUT2D eigenvalue weighted by Gasteiger charge is 2.39. The van der Waals surface area contributed by atoms with Crippen molar-refractivity contribution in [2.75, 3.05) is 12.3 Å². The van der Waals surface area contributed by atoms with Crippen LogP contribution in [-0.2, 0) is 9.59 Å². The van der Waals surface area contributed by atoms with Crippen molar-refractivity contribution in [3.63, 3.8) is 0 Å². The molecule has 5 heteroatoms. The van der Waals surface area contributed by atoms with Gasteiger partial charge in [-0.1, -0.05) is 25.1 Å². The molecule has 2 aliphatic rings. The number of fused-ring (bicyclic) bond motifs is 1. The van der Waals surface area contributed by atoms with Gasteiger partial charge in [-0.15, -0.1) is 11.8 Å². The van der Waals surface area contributed by atoms with Crippen LogP contribution >= 0.6 is 11.8 Å². The molecule has 0 radical (unpaired) electrons. The first-order valence-electron chi connectivity index (χ1n) is 7.44. The van der Waals surface area contributed by atoms with E-state index in [0.29, 0.717) is 18.9 Å². The summed E-state index contributed by atoms with van der Waals surface area (Å²) in [7, 11) is 0. The van der Waals surface area contributed by atoms with E-state index in [9.17, 15) is 9.59 Å². The average Bonchev–Trinajstić information content (AvgIpc) is 2.88. The van der Waals surface area contributed by atoms with Crippen LogP contribution in [0, 0.1) is 0 Å². The third kappa shape index (κ3) is 2.55. The Balaban J connectivity index is 1.82. The smallest absolute Gasteiger partial charge is 0.245 e. The minimum Gasteiger partial charge on any atom is -0.343 e. The average molecular weight is 304 g/mol. The molecule has 0 spiro atoms. The third-order valence-electron chi connectivity index (χ3n) is 4.29. The fraction of sp³-hybridized carbons (Fsp3) is 0.500. The Kier molecular flexibility index (Phi) is 3.93. The number of nitrogens with one attached hydrogen (secondary N) is 1. The number of carbonyl (C=O) groups excluding carboxylic acids is 2. The number of hydrogen-bond donors (Lipinski definition) is 1. The number of nitrogens with zero attached hydrogens (tertiary/aromatic N) is 1. The highest BCUT2D eigenvalue weighted by atomic mass is 32.2. The molecule has 2 aliphatic heterocycles. The predicted molar refractivity (Wildman–Crippen MR) is 83.3 cm³/mol. The SMILES string of the molecule is CCC1C(=O)NC(C)C(=O)N1CC1CSc2ccccc21. The van der Waals surface area contributed by atoms with E-state index in [1.54, 1.807) is 11.8 Å². The van der Waals surface area contributed by atoms with Crippen LogP contribution in [-0.4, -0.2) is 41.1 Å². The van der Waals surface area contributed by atoms with Crippen molar-refractivity contribution in [3.8, 4) is 0 Å². The monoisotopic (exact) mass is 304 g/mol. The van der Waals surface area contributed by atoms with Crippen LogP contribution in [0.25, 0.3) is 0 Å². The summed E-state index contributed by atoms with van der Waals surface area (Å²) in [6.07, 6.45) is 0.659. The Labute approximate surface area is 129 Å². The van der Waals surface area contributed by atoms with Gasteiger partial charge in [0.05, 0.1) is 0 Å². The molecule has 3 unspecified atom stereocenters. The second-order valence-electron chi connectivity index (χ2n) is 5.69. The fourth-order valence-corrected chi connectivity index (χ4v) is 4.40. The number of piperazine rings is 1. The molecule has 3 rings (SSSR count). The van der Waals surface area contributed by atoms with Gasteiger partial charge in [-0.25, -0.2) is 0 Å². The summed E-state index contributed by atoms with van der Waals surface area (Å²) < 4.78 is 0. The molecule has 2 heterocycles. The van der Waals surface area contributed by atoms with Gasteiger partial charge in [0.25, 0.3) is 0 Å². The highest BCUT2D eigenvalue weighted by Crippen LogP contribution is 2.40. The quantitative estimate of drug-likeness (QED) is 0.929. The molecular weight excluding hydrogens is 284 g/mol. The maximum Gasteiger partial charge on any atom is 0.245 e. The fourth-order valence-electron chi connectivity index (χ4n) is 3.16. The van der Waals surface area contributed by atoms with Gasteiger partial charge in [-0.05, 0) is 25.0 Å². The number of thioether (sulfide) groups is 1. The van der Waals surface area contributed by atoms with Crippen LogP contribution in [0.3, 0.4) is 0 Å². The Bertz CT molecular complexity index is 575. The van der Waals surface area contributed by atoms with Crippen LogP contribution in [0.4, 0.5) is 0 Å². The number of benzene rings is 1. The van der Waals surface area contributed by atoms with Crippen molar-refractivity contribution in [1.29, 1.82) is 0 Å². The van der Waals surface area contributed by atoms with Crippen LogP contribution in [0.15, 0.2) is 29.2 Å². The molecule has 1 N–H and O–H groups in total. The van der Waals surface area contributed by atoms with Crippen molar-refractivity contribution in [2.24, 2.45) is 0 Å². The lowest BCUT2D eigenvalue weighted by molar-refractivity contribution is -0.149. The Morgan fingerprint density at radius 3 is 2.86 bits per heavy atom. The van der Waals surface area contributed by atoms with Crippen LogP contribution in [0.1, 0.15) is 31.7 Å². The third-order valence-corrected chi connectivity index (χ3v) is 5.55. The van der Waals surface area contributed by atoms with Crippen molar-refractivity contribution in [2.45, 2.75) is 43.2 Å². The predicted octanol–water partition coefficient (Wildman–Crippen LogP) is 2.00. The summed E-state index contributed by atoms with van der Waals surface area (Å²) in [6, 6.07) is 7.62. The second kappa shape index (κ2) is 5.72. The van der Waals surface area contributed by atoms with E-state index in [-0.39, 0.29) is 17.9 Å². The lowest BCUT2D eigenvalue weighted by Crippen LogP contribution is -2.62. The van der Waals surface area contributed by atoms with Gasteiger partial charge >= 0.3 is 0 Å². The summed E-state index contributed by atoms with van der Waals surface area (Å²) in [5, 5.41) is 2.77. The molecule has 0 bridgehead atoms. The van der Waals surface area contributed by atoms with E-state index in [0.717, 1.165) is 5.75 Å². The first-order chi connectivity index (χ1) is 10.1. The van der Waals surface area contributed by atoms with E-state index in [1.165, 1.54) is 10.5 Å². The molecule has 1 aromatic carbocycles. The van der Waals surface area contributed by atoms with E-state index in [4.69, 9.17) is 0 Å². The molecule has 1 saturated heterocycles. The van der Waals surface area contributed by atoms with Crippen molar-refractivity contribution >= 4 is 23.6 Å². The largest absolute Gasteiger partial charge is 0.343 e. The van der Waals surface area contributed by atoms with E-state index < -0.39 is 6.04 Å². The standard InChI is InChI=1S/C16H20N2O2S/c1-3-13-15(19)17-10(2)16(20)18(13)8-11-9-21-14-7-5-4-6-12(11)14/h4-7,10-11,13H,3,8-9H2,1-2H3,(H,17,19). The lowest BCUT2D eigenvalue weighted by atomic mass is 9.97. The molecule has 0 aromatic heterocycles. The van der Waals surface area contributed by atoms with Gasteiger partial charge in [-0.3, -0.25) is 9.59 Å². The second-order valence-corrected chi connectivity index (χ2v) is 6.75. The summed E-state index contributed by atoms with van der Waals surface area (Å²) in [4.78, 5) is 27.6. The summed E-state index contributed by atoms with van der Waals surface area (Å²) >= 11 is 1.84. The topological polar surface area (TPSA) is 49.4 Å². The molecular formula is C16H20N2O2S. The van der Waals surface area contributed by atoms with Crippen molar-refractivity contribution < 1.29 is 9.59 Å². The molecule has 4 nitrogen and oxygen atoms in total. The summed E-state index contributed by atoms with van der Waals surface area (Å²) in [5.41, 5.74) is 1.31. The van der Waals surface area contributed by atoms with Crippen molar-refractivity contribution in [3.05, 3.63) is 29.8 Å². The molecule has 0 aliphatic carbocycles. The zero-order chi connectivity index (χ0) is 15.0. The Morgan fingerprint density at radius 1 is 1.33 bits per heavy atom. The molecule has 112 valence electrons. The van der Waals surface area contributed by atoms with Crippen LogP contribution in [0.5, 0.6) is 0 Å². The van der Waals surface area contributed by atoms with Gasteiger partial charge in [0.1, 0.15) is 12.1 Å². The number of hydrogen-bond acceptors (Lipinski definition) is 3. The first kappa shape index (κ1) is 14.4. The summed E-state index contributed by atoms with van der Waals surface area (Å²) in [6.45, 7) is 4.35. The van der Waals surface area contributed by atoms with Crippen molar-refractivity contribution in [1.82, 2.24) is 10.2 Å². The van der Waals surface area contributed by atoms with Gasteiger partial charge in [0, 0.05) is 23.1 Å². The number of amides is 2. The Morgan fingerprint density at radius 2 is 2.10 bits per heavy atom. The maximum atomic E-state index is 12.4. The van der Waals surface area contributed by atoms with Gasteiger partial charge in [0.2, 0.25) is 11.8 Å². The minimum atomic E-state index is -0.412. The normalized spacial score (nSPS) is 28.5. The van der Waals surface area contributed by atoms with Gasteiger partial charge in [-0.2, -0.15) is 0 Å². The molecule has 21 heavy (non-hydrogen) atoms. The maximum absolute atomic E-state index is 12.4. The molecule has 0 saturated carbocycles. The molecule has 1 fully saturated rings. The van der Waals surface area contributed by atoms with Gasteiger partial charge < -0.3 is 10.2 Å². The zero-order valence-electron chi connectivity index (χ0n) is 12.3. The summed E-state index contributed by atoms with van der Waals surface area (Å²) in [5.74, 6) is 1.32. The molecule has 3 atom stereocenters. The van der Waals surface area contributed by atoms with E-state index >= 15 is 0 Å². The lowest BCUT2D eigenvalue weighted by Gasteiger charge is -2.38. The highest BCUT2D eigenvalue weighted by molar-refractivity contribution is 7.99. The van der Waals surface area contributed by atoms with Gasteiger partial charge in [0.15, 0.2) is 0 Å². The molecule has 1 aromatic rings. The minimum absolute atomic E-state index is 0.0245. The zero-order valence-corrected chi connectivity index (χ0v) is 13.2. The Hall–Kier alpha value is -1.49. The van der Waals surface area contributed by atoms with Crippen LogP contribution in [0.2, 0.25) is 0 Å². The first-order valence-corrected chi connectivity index (χ1v) is 8.43. The van der Waals surface area contributed by atoms with E-state index in [1.807, 2.05) is 30.8 Å². The van der Waals surface area contributed by atoms with Crippen LogP contribution < -0.4 is 5.32 Å².